The van der Waals surface area contributed by atoms with Gasteiger partial charge >= 0.3 is 0 Å². The van der Waals surface area contributed by atoms with Crippen LogP contribution in [0.25, 0.3) is 11.1 Å². The molecular formula is C23H23ClN4O3. The van der Waals surface area contributed by atoms with E-state index in [0.717, 1.165) is 22.3 Å². The van der Waals surface area contributed by atoms with Gasteiger partial charge in [0, 0.05) is 23.4 Å². The monoisotopic (exact) mass is 438 g/mol. The minimum Gasteiger partial charge on any atom is -0.378 e. The molecule has 0 radical (unpaired) electrons. The molecule has 0 spiro atoms. The summed E-state index contributed by atoms with van der Waals surface area (Å²) >= 11 is 6.13. The van der Waals surface area contributed by atoms with E-state index >= 15 is 0 Å². The lowest BCUT2D eigenvalue weighted by Crippen LogP contribution is -2.24. The minimum atomic E-state index is -0.746. The van der Waals surface area contributed by atoms with Gasteiger partial charge in [0.2, 0.25) is 5.91 Å². The van der Waals surface area contributed by atoms with Crippen molar-refractivity contribution in [3.63, 3.8) is 0 Å². The Hall–Kier alpha value is -3.16. The summed E-state index contributed by atoms with van der Waals surface area (Å²) in [6.07, 6.45) is -0.0494. The Morgan fingerprint density at radius 1 is 1.23 bits per heavy atom. The molecule has 2 N–H and O–H groups in total. The highest BCUT2D eigenvalue weighted by atomic mass is 35.5. The van der Waals surface area contributed by atoms with E-state index in [1.165, 1.54) is 0 Å². The van der Waals surface area contributed by atoms with E-state index in [0.29, 0.717) is 28.8 Å². The summed E-state index contributed by atoms with van der Waals surface area (Å²) in [5.74, 6) is 0.0227. The number of rotatable bonds is 6. The molecule has 0 aliphatic carbocycles. The summed E-state index contributed by atoms with van der Waals surface area (Å²) in [5.41, 5.74) is 4.98. The van der Waals surface area contributed by atoms with Crippen LogP contribution in [0.2, 0.25) is 5.02 Å². The number of methoxy groups -OCH3 is 1. The fourth-order valence-electron chi connectivity index (χ4n) is 3.70. The quantitative estimate of drug-likeness (QED) is 0.593. The number of carbonyl (C=O) groups is 2. The number of fused-ring (bicyclic) bond motifs is 1. The highest BCUT2D eigenvalue weighted by Gasteiger charge is 2.37. The average Bonchev–Trinajstić information content (AvgIpc) is 3.22. The molecule has 0 fully saturated rings. The summed E-state index contributed by atoms with van der Waals surface area (Å²) in [6, 6.07) is 12.5. The van der Waals surface area contributed by atoms with Gasteiger partial charge in [0.1, 0.15) is 11.9 Å². The van der Waals surface area contributed by atoms with Crippen molar-refractivity contribution in [3.8, 4) is 11.1 Å². The first-order chi connectivity index (χ1) is 14.9. The topological polar surface area (TPSA) is 85.2 Å². The summed E-state index contributed by atoms with van der Waals surface area (Å²) in [5, 5.41) is 10.9. The number of aryl methyl sites for hydroxylation is 1. The van der Waals surface area contributed by atoms with Crippen LogP contribution in [-0.2, 0) is 20.9 Å². The lowest BCUT2D eigenvalue weighted by Gasteiger charge is -2.12. The number of amides is 2. The lowest BCUT2D eigenvalue weighted by atomic mass is 10.0. The molecule has 2 aromatic carbocycles. The van der Waals surface area contributed by atoms with E-state index in [4.69, 9.17) is 16.3 Å². The predicted molar refractivity (Wildman–Crippen MR) is 120 cm³/mol. The van der Waals surface area contributed by atoms with Gasteiger partial charge in [0.15, 0.2) is 0 Å². The second-order valence-electron chi connectivity index (χ2n) is 7.58. The SMILES string of the molecule is COCc1nn2c(c1-c1ccc(C)cc1)NC(=O)C2CC(=O)Nc1cccc(Cl)c1C. The van der Waals surface area contributed by atoms with Crippen molar-refractivity contribution < 1.29 is 14.3 Å². The number of carbonyl (C=O) groups excluding carboxylic acids is 2. The standard InChI is InChI=1S/C23H23ClN4O3/c1-13-7-9-15(10-8-13)21-18(12-31-3)27-28-19(23(30)26-22(21)28)11-20(29)25-17-6-4-5-16(24)14(17)2/h4-10,19H,11-12H2,1-3H3,(H,25,29)(H,26,30). The van der Waals surface area contributed by atoms with Gasteiger partial charge in [-0.25, -0.2) is 4.68 Å². The molecule has 1 aliphatic heterocycles. The third-order valence-electron chi connectivity index (χ3n) is 5.36. The van der Waals surface area contributed by atoms with Gasteiger partial charge in [-0.15, -0.1) is 0 Å². The van der Waals surface area contributed by atoms with Crippen LogP contribution in [0.1, 0.15) is 29.3 Å². The number of aromatic nitrogens is 2. The summed E-state index contributed by atoms with van der Waals surface area (Å²) in [6.45, 7) is 4.14. The normalized spacial score (nSPS) is 15.0. The number of hydrogen-bond acceptors (Lipinski definition) is 4. The maximum Gasteiger partial charge on any atom is 0.251 e. The van der Waals surface area contributed by atoms with Crippen LogP contribution in [-0.4, -0.2) is 28.7 Å². The fourth-order valence-corrected chi connectivity index (χ4v) is 3.87. The van der Waals surface area contributed by atoms with Crippen molar-refractivity contribution in [1.82, 2.24) is 9.78 Å². The summed E-state index contributed by atoms with van der Waals surface area (Å²) < 4.78 is 6.91. The number of nitrogens with one attached hydrogen (secondary N) is 2. The van der Waals surface area contributed by atoms with E-state index in [1.807, 2.05) is 38.1 Å². The molecule has 2 amide bonds. The predicted octanol–water partition coefficient (Wildman–Crippen LogP) is 4.49. The molecule has 1 atom stereocenters. The molecule has 4 rings (SSSR count). The molecule has 0 saturated carbocycles. The number of ether oxygens (including phenoxy) is 1. The molecule has 8 heteroatoms. The van der Waals surface area contributed by atoms with Crippen molar-refractivity contribution in [2.24, 2.45) is 0 Å². The van der Waals surface area contributed by atoms with Gasteiger partial charge in [0.05, 0.1) is 18.7 Å². The first-order valence-corrected chi connectivity index (χ1v) is 10.3. The Labute approximate surface area is 185 Å². The Kier molecular flexibility index (Phi) is 5.80. The lowest BCUT2D eigenvalue weighted by molar-refractivity contribution is -0.123. The van der Waals surface area contributed by atoms with E-state index in [-0.39, 0.29) is 18.2 Å². The van der Waals surface area contributed by atoms with Crippen LogP contribution in [0, 0.1) is 13.8 Å². The molecule has 0 bridgehead atoms. The van der Waals surface area contributed by atoms with E-state index in [1.54, 1.807) is 30.0 Å². The van der Waals surface area contributed by atoms with Crippen LogP contribution in [0.15, 0.2) is 42.5 Å². The van der Waals surface area contributed by atoms with Gasteiger partial charge in [-0.05, 0) is 37.1 Å². The Balaban J connectivity index is 1.63. The molecule has 1 unspecified atom stereocenters. The van der Waals surface area contributed by atoms with Crippen molar-refractivity contribution in [3.05, 3.63) is 64.3 Å². The Morgan fingerprint density at radius 3 is 2.68 bits per heavy atom. The van der Waals surface area contributed by atoms with Crippen molar-refractivity contribution in [2.75, 3.05) is 17.7 Å². The molecule has 3 aromatic rings. The first-order valence-electron chi connectivity index (χ1n) is 9.92. The van der Waals surface area contributed by atoms with Gasteiger partial charge < -0.3 is 15.4 Å². The van der Waals surface area contributed by atoms with Crippen LogP contribution in [0.3, 0.4) is 0 Å². The van der Waals surface area contributed by atoms with Crippen LogP contribution in [0.5, 0.6) is 0 Å². The largest absolute Gasteiger partial charge is 0.378 e. The zero-order valence-electron chi connectivity index (χ0n) is 17.5. The van der Waals surface area contributed by atoms with E-state index < -0.39 is 6.04 Å². The fraction of sp³-hybridized carbons (Fsp3) is 0.261. The molecule has 31 heavy (non-hydrogen) atoms. The molecule has 2 heterocycles. The van der Waals surface area contributed by atoms with Crippen molar-refractivity contribution >= 4 is 34.9 Å². The maximum atomic E-state index is 12.7. The van der Waals surface area contributed by atoms with Crippen LogP contribution < -0.4 is 10.6 Å². The number of nitrogens with zero attached hydrogens (tertiary/aromatic N) is 2. The third kappa shape index (κ3) is 4.06. The first kappa shape index (κ1) is 21.1. The van der Waals surface area contributed by atoms with Crippen LogP contribution in [0.4, 0.5) is 11.5 Å². The molecule has 1 aromatic heterocycles. The molecule has 1 aliphatic rings. The smallest absolute Gasteiger partial charge is 0.251 e. The average molecular weight is 439 g/mol. The van der Waals surface area contributed by atoms with Crippen LogP contribution >= 0.6 is 11.6 Å². The maximum absolute atomic E-state index is 12.7. The third-order valence-corrected chi connectivity index (χ3v) is 5.77. The minimum absolute atomic E-state index is 0.0494. The number of anilines is 2. The zero-order chi connectivity index (χ0) is 22.1. The highest BCUT2D eigenvalue weighted by molar-refractivity contribution is 6.31. The highest BCUT2D eigenvalue weighted by Crippen LogP contribution is 2.39. The van der Waals surface area contributed by atoms with Gasteiger partial charge in [0.25, 0.3) is 5.91 Å². The Bertz CT molecular complexity index is 1150. The molecule has 160 valence electrons. The molecule has 0 saturated heterocycles. The number of halogens is 1. The Morgan fingerprint density at radius 2 is 1.97 bits per heavy atom. The van der Waals surface area contributed by atoms with E-state index in [2.05, 4.69) is 15.7 Å². The van der Waals surface area contributed by atoms with Crippen molar-refractivity contribution in [1.29, 1.82) is 0 Å². The zero-order valence-corrected chi connectivity index (χ0v) is 18.3. The second-order valence-corrected chi connectivity index (χ2v) is 7.99. The van der Waals surface area contributed by atoms with Gasteiger partial charge in [-0.1, -0.05) is 47.5 Å². The second kappa shape index (κ2) is 8.53. The molecule has 7 nitrogen and oxygen atoms in total. The van der Waals surface area contributed by atoms with Gasteiger partial charge in [-0.2, -0.15) is 5.10 Å². The van der Waals surface area contributed by atoms with Gasteiger partial charge in [-0.3, -0.25) is 9.59 Å². The van der Waals surface area contributed by atoms with Crippen molar-refractivity contribution in [2.45, 2.75) is 32.9 Å². The number of hydrogen-bond donors (Lipinski definition) is 2. The number of benzene rings is 2. The van der Waals surface area contributed by atoms with E-state index in [9.17, 15) is 9.59 Å². The molecular weight excluding hydrogens is 416 g/mol. The summed E-state index contributed by atoms with van der Waals surface area (Å²) in [4.78, 5) is 25.4. The summed E-state index contributed by atoms with van der Waals surface area (Å²) in [7, 11) is 1.60.